The zero-order chi connectivity index (χ0) is 14.0. The highest BCUT2D eigenvalue weighted by Crippen LogP contribution is 2.38. The second kappa shape index (κ2) is 5.90. The topological polar surface area (TPSA) is 28.2 Å². The van der Waals surface area contributed by atoms with Gasteiger partial charge in [0.2, 0.25) is 0 Å². The van der Waals surface area contributed by atoms with Gasteiger partial charge in [-0.05, 0) is 46.7 Å². The van der Waals surface area contributed by atoms with Crippen molar-refractivity contribution in [2.45, 2.75) is 58.5 Å². The summed E-state index contributed by atoms with van der Waals surface area (Å²) in [6.45, 7) is 11.1. The molecule has 2 rings (SSSR count). The molecule has 0 amide bonds. The van der Waals surface area contributed by atoms with Crippen LogP contribution < -0.4 is 5.32 Å². The molecule has 0 aliphatic carbocycles. The van der Waals surface area contributed by atoms with Gasteiger partial charge in [-0.3, -0.25) is 0 Å². The number of nitrogens with one attached hydrogen (secondary N) is 1. The Morgan fingerprint density at radius 1 is 1.47 bits per heavy atom. The smallest absolute Gasteiger partial charge is 0.115 e. The van der Waals surface area contributed by atoms with Crippen LogP contribution in [0.15, 0.2) is 0 Å². The number of thiazole rings is 1. The molecule has 108 valence electrons. The van der Waals surface area contributed by atoms with Crippen molar-refractivity contribution in [1.82, 2.24) is 15.2 Å². The summed E-state index contributed by atoms with van der Waals surface area (Å²) in [6, 6.07) is 0.624. The number of likely N-dealkylation sites (N-methyl/N-ethyl adjacent to an activating group) is 1. The van der Waals surface area contributed by atoms with Crippen molar-refractivity contribution in [2.24, 2.45) is 0 Å². The number of aromatic nitrogens is 1. The van der Waals surface area contributed by atoms with Crippen molar-refractivity contribution in [3.05, 3.63) is 15.6 Å². The van der Waals surface area contributed by atoms with Crippen LogP contribution in [0.25, 0.3) is 0 Å². The molecule has 1 aliphatic heterocycles. The Balaban J connectivity index is 2.31. The monoisotopic (exact) mass is 281 g/mol. The van der Waals surface area contributed by atoms with Crippen LogP contribution in [0.1, 0.15) is 49.2 Å². The minimum absolute atomic E-state index is 0.0764. The van der Waals surface area contributed by atoms with E-state index in [0.29, 0.717) is 6.04 Å². The van der Waals surface area contributed by atoms with Crippen LogP contribution in [-0.4, -0.2) is 36.1 Å². The first-order valence-corrected chi connectivity index (χ1v) is 8.26. The summed E-state index contributed by atoms with van der Waals surface area (Å²) in [7, 11) is 2.22. The van der Waals surface area contributed by atoms with Crippen molar-refractivity contribution >= 4 is 11.3 Å². The predicted octanol–water partition coefficient (Wildman–Crippen LogP) is 2.93. The lowest BCUT2D eigenvalue weighted by Crippen LogP contribution is -2.44. The Hall–Kier alpha value is -0.450. The van der Waals surface area contributed by atoms with Crippen LogP contribution >= 0.6 is 11.3 Å². The summed E-state index contributed by atoms with van der Waals surface area (Å²) in [4.78, 5) is 8.77. The highest BCUT2D eigenvalue weighted by atomic mass is 32.1. The fourth-order valence-corrected chi connectivity index (χ4v) is 4.16. The van der Waals surface area contributed by atoms with Crippen LogP contribution in [0.3, 0.4) is 0 Å². The van der Waals surface area contributed by atoms with E-state index in [1.165, 1.54) is 28.4 Å². The van der Waals surface area contributed by atoms with Gasteiger partial charge in [-0.25, -0.2) is 4.98 Å². The Morgan fingerprint density at radius 2 is 2.21 bits per heavy atom. The summed E-state index contributed by atoms with van der Waals surface area (Å²) in [5, 5.41) is 5.09. The number of likely N-dealkylation sites (tertiary alicyclic amines) is 1. The first-order chi connectivity index (χ1) is 9.02. The fourth-order valence-electron chi connectivity index (χ4n) is 2.99. The van der Waals surface area contributed by atoms with Crippen LogP contribution in [0.2, 0.25) is 0 Å². The van der Waals surface area contributed by atoms with Crippen molar-refractivity contribution in [3.8, 4) is 0 Å². The molecular formula is C15H27N3S. The fraction of sp³-hybridized carbons (Fsp3) is 0.800. The Labute approximate surface area is 121 Å². The molecule has 1 aromatic rings. The van der Waals surface area contributed by atoms with Crippen molar-refractivity contribution in [3.63, 3.8) is 0 Å². The van der Waals surface area contributed by atoms with E-state index < -0.39 is 0 Å². The summed E-state index contributed by atoms with van der Waals surface area (Å²) in [5.74, 6) is 0. The minimum Gasteiger partial charge on any atom is -0.304 e. The molecule has 4 heteroatoms. The summed E-state index contributed by atoms with van der Waals surface area (Å²) in [6.07, 6.45) is 3.38. The van der Waals surface area contributed by atoms with Gasteiger partial charge in [-0.15, -0.1) is 11.3 Å². The molecule has 0 spiro atoms. The molecular weight excluding hydrogens is 254 g/mol. The van der Waals surface area contributed by atoms with Crippen LogP contribution in [0, 0.1) is 6.92 Å². The van der Waals surface area contributed by atoms with Gasteiger partial charge in [0.25, 0.3) is 0 Å². The van der Waals surface area contributed by atoms with Crippen LogP contribution in [0.4, 0.5) is 0 Å². The van der Waals surface area contributed by atoms with Gasteiger partial charge < -0.3 is 10.2 Å². The first-order valence-electron chi connectivity index (χ1n) is 7.44. The average Bonchev–Trinajstić information content (AvgIpc) is 2.89. The van der Waals surface area contributed by atoms with Crippen molar-refractivity contribution in [1.29, 1.82) is 0 Å². The standard InChI is InChI=1S/C15H27N3S/c1-6-8-16-15(9-11(3)18(5)10-15)14-17-13(7-2)12(4)19-14/h11,16H,6-10H2,1-5H3. The predicted molar refractivity (Wildman–Crippen MR) is 82.9 cm³/mol. The Kier molecular flexibility index (Phi) is 4.64. The number of nitrogens with zero attached hydrogens (tertiary/aromatic N) is 2. The van der Waals surface area contributed by atoms with E-state index in [1.807, 2.05) is 11.3 Å². The molecule has 0 saturated carbocycles. The number of hydrogen-bond acceptors (Lipinski definition) is 4. The molecule has 1 N–H and O–H groups in total. The van der Waals surface area contributed by atoms with Gasteiger partial charge in [0, 0.05) is 17.5 Å². The van der Waals surface area contributed by atoms with Gasteiger partial charge in [-0.1, -0.05) is 13.8 Å². The molecule has 3 nitrogen and oxygen atoms in total. The zero-order valence-corrected chi connectivity index (χ0v) is 13.7. The van der Waals surface area contributed by atoms with E-state index in [9.17, 15) is 0 Å². The van der Waals surface area contributed by atoms with Gasteiger partial charge in [0.1, 0.15) is 5.01 Å². The zero-order valence-electron chi connectivity index (χ0n) is 12.9. The third kappa shape index (κ3) is 2.86. The molecule has 2 atom stereocenters. The maximum Gasteiger partial charge on any atom is 0.115 e. The molecule has 1 saturated heterocycles. The third-order valence-electron chi connectivity index (χ3n) is 4.27. The molecule has 0 aromatic carbocycles. The van der Waals surface area contributed by atoms with E-state index in [4.69, 9.17) is 4.98 Å². The van der Waals surface area contributed by atoms with E-state index >= 15 is 0 Å². The normalized spacial score (nSPS) is 28.2. The maximum atomic E-state index is 4.93. The van der Waals surface area contributed by atoms with Gasteiger partial charge >= 0.3 is 0 Å². The molecule has 1 aromatic heterocycles. The van der Waals surface area contributed by atoms with Crippen molar-refractivity contribution < 1.29 is 0 Å². The largest absolute Gasteiger partial charge is 0.304 e. The van der Waals surface area contributed by atoms with Gasteiger partial charge in [0.15, 0.2) is 0 Å². The first kappa shape index (κ1) is 14.9. The lowest BCUT2D eigenvalue weighted by Gasteiger charge is -2.28. The summed E-state index contributed by atoms with van der Waals surface area (Å²) < 4.78 is 0. The second-order valence-electron chi connectivity index (χ2n) is 5.85. The van der Waals surface area contributed by atoms with Crippen LogP contribution in [-0.2, 0) is 12.0 Å². The molecule has 1 aliphatic rings. The highest BCUT2D eigenvalue weighted by Gasteiger charge is 2.43. The second-order valence-corrected chi connectivity index (χ2v) is 7.06. The molecule has 2 heterocycles. The Morgan fingerprint density at radius 3 is 2.68 bits per heavy atom. The average molecular weight is 281 g/mol. The molecule has 0 radical (unpaired) electrons. The molecule has 19 heavy (non-hydrogen) atoms. The molecule has 2 unspecified atom stereocenters. The summed E-state index contributed by atoms with van der Waals surface area (Å²) >= 11 is 1.89. The molecule has 1 fully saturated rings. The van der Waals surface area contributed by atoms with E-state index in [1.54, 1.807) is 0 Å². The summed E-state index contributed by atoms with van der Waals surface area (Å²) in [5.41, 5.74) is 1.35. The minimum atomic E-state index is 0.0764. The number of rotatable bonds is 5. The maximum absolute atomic E-state index is 4.93. The van der Waals surface area contributed by atoms with E-state index in [2.05, 4.69) is 45.0 Å². The lowest BCUT2D eigenvalue weighted by molar-refractivity contribution is 0.299. The quantitative estimate of drug-likeness (QED) is 0.899. The van der Waals surface area contributed by atoms with Gasteiger partial charge in [-0.2, -0.15) is 0 Å². The number of hydrogen-bond donors (Lipinski definition) is 1. The van der Waals surface area contributed by atoms with E-state index in [-0.39, 0.29) is 5.54 Å². The SMILES string of the molecule is CCCNC1(c2nc(CC)c(C)s2)CC(C)N(C)C1. The van der Waals surface area contributed by atoms with E-state index in [0.717, 1.165) is 19.5 Å². The van der Waals surface area contributed by atoms with Gasteiger partial charge in [0.05, 0.1) is 11.2 Å². The number of aryl methyl sites for hydroxylation is 2. The van der Waals surface area contributed by atoms with Crippen LogP contribution in [0.5, 0.6) is 0 Å². The Bertz CT molecular complexity index is 417. The highest BCUT2D eigenvalue weighted by molar-refractivity contribution is 7.11. The van der Waals surface area contributed by atoms with Crippen molar-refractivity contribution in [2.75, 3.05) is 20.1 Å². The third-order valence-corrected chi connectivity index (χ3v) is 5.48. The molecule has 0 bridgehead atoms. The lowest BCUT2D eigenvalue weighted by atomic mass is 9.96.